The molecule has 0 aliphatic heterocycles. The normalized spacial score (nSPS) is 11.5. The van der Waals surface area contributed by atoms with Gasteiger partial charge in [-0.1, -0.05) is 0 Å². The highest BCUT2D eigenvalue weighted by Gasteiger charge is 1.99. The quantitative estimate of drug-likeness (QED) is 0.599. The van der Waals surface area contributed by atoms with Gasteiger partial charge in [0.2, 0.25) is 0 Å². The molecule has 0 amide bonds. The van der Waals surface area contributed by atoms with Crippen molar-refractivity contribution < 1.29 is 0 Å². The standard InChI is InChI=1S/C10H18N4S/c1-4-12-10(11-3)13-6-5-9-14-7-8(2)15-9/h7H,4-6H2,1-3H3,(H2,11,12,13). The van der Waals surface area contributed by atoms with Gasteiger partial charge < -0.3 is 10.6 Å². The number of nitrogens with one attached hydrogen (secondary N) is 2. The fourth-order valence-corrected chi connectivity index (χ4v) is 1.98. The van der Waals surface area contributed by atoms with Crippen LogP contribution in [0.15, 0.2) is 11.2 Å². The fraction of sp³-hybridized carbons (Fsp3) is 0.600. The summed E-state index contributed by atoms with van der Waals surface area (Å²) >= 11 is 1.75. The minimum absolute atomic E-state index is 0.853. The Labute approximate surface area is 94.8 Å². The van der Waals surface area contributed by atoms with E-state index in [1.807, 2.05) is 6.20 Å². The zero-order valence-electron chi connectivity index (χ0n) is 9.50. The molecule has 0 atom stereocenters. The molecule has 0 aliphatic rings. The van der Waals surface area contributed by atoms with Crippen molar-refractivity contribution in [2.24, 2.45) is 4.99 Å². The van der Waals surface area contributed by atoms with E-state index in [2.05, 4.69) is 34.5 Å². The molecule has 15 heavy (non-hydrogen) atoms. The first-order valence-electron chi connectivity index (χ1n) is 5.12. The molecule has 1 aromatic heterocycles. The zero-order valence-corrected chi connectivity index (χ0v) is 10.3. The van der Waals surface area contributed by atoms with Crippen molar-refractivity contribution in [3.8, 4) is 0 Å². The largest absolute Gasteiger partial charge is 0.357 e. The van der Waals surface area contributed by atoms with Crippen LogP contribution in [0.5, 0.6) is 0 Å². The van der Waals surface area contributed by atoms with Crippen LogP contribution in [0.4, 0.5) is 0 Å². The third-order valence-electron chi connectivity index (χ3n) is 1.87. The molecular weight excluding hydrogens is 208 g/mol. The third-order valence-corrected chi connectivity index (χ3v) is 2.84. The minimum atomic E-state index is 0.853. The SMILES string of the molecule is CCNC(=NC)NCCc1ncc(C)s1. The maximum absolute atomic E-state index is 4.30. The van der Waals surface area contributed by atoms with E-state index in [0.717, 1.165) is 25.5 Å². The minimum Gasteiger partial charge on any atom is -0.357 e. The summed E-state index contributed by atoms with van der Waals surface area (Å²) in [6.07, 6.45) is 2.86. The lowest BCUT2D eigenvalue weighted by molar-refractivity contribution is 0.806. The zero-order chi connectivity index (χ0) is 11.1. The molecule has 0 saturated heterocycles. The number of hydrogen-bond acceptors (Lipinski definition) is 3. The summed E-state index contributed by atoms with van der Waals surface area (Å²) in [6.45, 7) is 5.88. The lowest BCUT2D eigenvalue weighted by atomic mass is 10.4. The van der Waals surface area contributed by atoms with Crippen LogP contribution in [0.1, 0.15) is 16.8 Å². The number of thiazole rings is 1. The summed E-state index contributed by atoms with van der Waals surface area (Å²) in [5.41, 5.74) is 0. The van der Waals surface area contributed by atoms with Crippen LogP contribution < -0.4 is 10.6 Å². The van der Waals surface area contributed by atoms with Gasteiger partial charge in [0, 0.05) is 37.6 Å². The van der Waals surface area contributed by atoms with Gasteiger partial charge in [0.15, 0.2) is 5.96 Å². The molecule has 0 unspecified atom stereocenters. The Bertz CT molecular complexity index is 319. The second kappa shape index (κ2) is 6.40. The first-order valence-corrected chi connectivity index (χ1v) is 5.93. The molecule has 84 valence electrons. The molecule has 4 nitrogen and oxygen atoms in total. The molecule has 0 spiro atoms. The Hall–Kier alpha value is -1.10. The maximum atomic E-state index is 4.30. The van der Waals surface area contributed by atoms with Gasteiger partial charge in [-0.2, -0.15) is 0 Å². The van der Waals surface area contributed by atoms with Gasteiger partial charge >= 0.3 is 0 Å². The second-order valence-electron chi connectivity index (χ2n) is 3.14. The van der Waals surface area contributed by atoms with Crippen LogP contribution in [0.25, 0.3) is 0 Å². The van der Waals surface area contributed by atoms with Gasteiger partial charge in [-0.05, 0) is 13.8 Å². The maximum Gasteiger partial charge on any atom is 0.190 e. The van der Waals surface area contributed by atoms with E-state index >= 15 is 0 Å². The van der Waals surface area contributed by atoms with Crippen LogP contribution in [0.2, 0.25) is 0 Å². The second-order valence-corrected chi connectivity index (χ2v) is 4.46. The van der Waals surface area contributed by atoms with Gasteiger partial charge in [-0.3, -0.25) is 4.99 Å². The molecule has 2 N–H and O–H groups in total. The van der Waals surface area contributed by atoms with E-state index < -0.39 is 0 Å². The van der Waals surface area contributed by atoms with Gasteiger partial charge in [0.1, 0.15) is 0 Å². The van der Waals surface area contributed by atoms with Crippen molar-refractivity contribution in [3.63, 3.8) is 0 Å². The van der Waals surface area contributed by atoms with E-state index in [1.165, 1.54) is 9.88 Å². The van der Waals surface area contributed by atoms with Crippen molar-refractivity contribution in [3.05, 3.63) is 16.1 Å². The number of hydrogen-bond donors (Lipinski definition) is 2. The highest BCUT2D eigenvalue weighted by molar-refractivity contribution is 7.11. The predicted molar refractivity (Wildman–Crippen MR) is 65.6 cm³/mol. The van der Waals surface area contributed by atoms with Crippen molar-refractivity contribution in [2.45, 2.75) is 20.3 Å². The molecule has 0 radical (unpaired) electrons. The highest BCUT2D eigenvalue weighted by atomic mass is 32.1. The van der Waals surface area contributed by atoms with E-state index in [1.54, 1.807) is 18.4 Å². The molecular formula is C10H18N4S. The summed E-state index contributed by atoms with van der Waals surface area (Å²) in [5.74, 6) is 0.853. The monoisotopic (exact) mass is 226 g/mol. The smallest absolute Gasteiger partial charge is 0.190 e. The van der Waals surface area contributed by atoms with Gasteiger partial charge in [0.25, 0.3) is 0 Å². The highest BCUT2D eigenvalue weighted by Crippen LogP contribution is 2.10. The summed E-state index contributed by atoms with van der Waals surface area (Å²) in [4.78, 5) is 9.66. The van der Waals surface area contributed by atoms with Crippen molar-refractivity contribution in [1.29, 1.82) is 0 Å². The number of guanidine groups is 1. The van der Waals surface area contributed by atoms with Crippen LogP contribution >= 0.6 is 11.3 Å². The number of aliphatic imine (C=N–C) groups is 1. The lowest BCUT2D eigenvalue weighted by Gasteiger charge is -2.08. The number of aromatic nitrogens is 1. The van der Waals surface area contributed by atoms with E-state index in [0.29, 0.717) is 0 Å². The summed E-state index contributed by atoms with van der Waals surface area (Å²) in [5, 5.41) is 7.55. The van der Waals surface area contributed by atoms with Gasteiger partial charge in [-0.15, -0.1) is 11.3 Å². The van der Waals surface area contributed by atoms with Crippen LogP contribution in [0, 0.1) is 6.92 Å². The number of rotatable bonds is 4. The number of aryl methyl sites for hydroxylation is 1. The molecule has 1 heterocycles. The first-order chi connectivity index (χ1) is 7.26. The molecule has 1 aromatic rings. The summed E-state index contributed by atoms with van der Waals surface area (Å²) in [7, 11) is 1.78. The molecule has 0 aliphatic carbocycles. The fourth-order valence-electron chi connectivity index (χ4n) is 1.19. The predicted octanol–water partition coefficient (Wildman–Crippen LogP) is 1.18. The number of nitrogens with zero attached hydrogens (tertiary/aromatic N) is 2. The van der Waals surface area contributed by atoms with Gasteiger partial charge in [-0.25, -0.2) is 4.98 Å². The van der Waals surface area contributed by atoms with E-state index in [9.17, 15) is 0 Å². The lowest BCUT2D eigenvalue weighted by Crippen LogP contribution is -2.38. The molecule has 5 heteroatoms. The molecule has 0 bridgehead atoms. The summed E-state index contributed by atoms with van der Waals surface area (Å²) < 4.78 is 0. The third kappa shape index (κ3) is 4.29. The van der Waals surface area contributed by atoms with E-state index in [4.69, 9.17) is 0 Å². The van der Waals surface area contributed by atoms with E-state index in [-0.39, 0.29) is 0 Å². The Morgan fingerprint density at radius 2 is 2.33 bits per heavy atom. The molecule has 0 saturated carbocycles. The van der Waals surface area contributed by atoms with Gasteiger partial charge in [0.05, 0.1) is 5.01 Å². The summed E-state index contributed by atoms with van der Waals surface area (Å²) in [6, 6.07) is 0. The van der Waals surface area contributed by atoms with Crippen molar-refractivity contribution in [1.82, 2.24) is 15.6 Å². The Balaban J connectivity index is 2.26. The Morgan fingerprint density at radius 1 is 1.53 bits per heavy atom. The van der Waals surface area contributed by atoms with Crippen molar-refractivity contribution in [2.75, 3.05) is 20.1 Å². The molecule has 0 fully saturated rings. The van der Waals surface area contributed by atoms with Crippen molar-refractivity contribution >= 4 is 17.3 Å². The molecule has 1 rings (SSSR count). The van der Waals surface area contributed by atoms with Crippen LogP contribution in [0.3, 0.4) is 0 Å². The average molecular weight is 226 g/mol. The molecule has 0 aromatic carbocycles. The first kappa shape index (κ1) is 12.0. The Kier molecular flexibility index (Phi) is 5.10. The Morgan fingerprint density at radius 3 is 2.87 bits per heavy atom. The van der Waals surface area contributed by atoms with Crippen LogP contribution in [-0.2, 0) is 6.42 Å². The van der Waals surface area contributed by atoms with Crippen LogP contribution in [-0.4, -0.2) is 31.1 Å². The average Bonchev–Trinajstić information content (AvgIpc) is 2.63. The topological polar surface area (TPSA) is 49.3 Å².